The number of carbonyl (C=O) groups excluding carboxylic acids is 1. The molecule has 88 valence electrons. The van der Waals surface area contributed by atoms with E-state index < -0.39 is 5.54 Å². The fourth-order valence-corrected chi connectivity index (χ4v) is 1.96. The van der Waals surface area contributed by atoms with Crippen LogP contribution in [0.4, 0.5) is 0 Å². The monoisotopic (exact) mass is 213 g/mol. The number of amides is 1. The van der Waals surface area contributed by atoms with E-state index in [1.807, 2.05) is 13.8 Å². The van der Waals surface area contributed by atoms with Gasteiger partial charge in [-0.3, -0.25) is 15.0 Å². The molecule has 1 aliphatic rings. The lowest BCUT2D eigenvalue weighted by Gasteiger charge is -2.27. The molecule has 0 aromatic rings. The molecule has 1 heterocycles. The average molecular weight is 213 g/mol. The normalized spacial score (nSPS) is 23.7. The summed E-state index contributed by atoms with van der Waals surface area (Å²) in [6, 6.07) is 0.961. The zero-order valence-electron chi connectivity index (χ0n) is 10.2. The van der Waals surface area contributed by atoms with E-state index in [9.17, 15) is 4.79 Å². The molecule has 4 heteroatoms. The molecular formula is C11H23N3O. The predicted molar refractivity (Wildman–Crippen MR) is 61.5 cm³/mol. The van der Waals surface area contributed by atoms with E-state index in [1.165, 1.54) is 0 Å². The van der Waals surface area contributed by atoms with Gasteiger partial charge in [-0.05, 0) is 40.7 Å². The number of primary amides is 1. The molecule has 0 aromatic carbocycles. The number of nitrogens with one attached hydrogen (secondary N) is 1. The maximum absolute atomic E-state index is 11.2. The smallest absolute Gasteiger partial charge is 0.237 e. The summed E-state index contributed by atoms with van der Waals surface area (Å²) < 4.78 is 0. The van der Waals surface area contributed by atoms with E-state index in [0.29, 0.717) is 12.1 Å². The highest BCUT2D eigenvalue weighted by Gasteiger charge is 2.32. The Morgan fingerprint density at radius 2 is 2.13 bits per heavy atom. The molecule has 1 saturated heterocycles. The number of likely N-dealkylation sites (tertiary alicyclic amines) is 1. The Bertz CT molecular complexity index is 238. The second kappa shape index (κ2) is 4.49. The fraction of sp³-hybridized carbons (Fsp3) is 0.909. The quantitative estimate of drug-likeness (QED) is 0.707. The van der Waals surface area contributed by atoms with Crippen molar-refractivity contribution >= 4 is 5.91 Å². The second-order valence-corrected chi connectivity index (χ2v) is 5.21. The zero-order chi connectivity index (χ0) is 11.6. The van der Waals surface area contributed by atoms with Crippen molar-refractivity contribution in [1.29, 1.82) is 0 Å². The lowest BCUT2D eigenvalue weighted by Crippen LogP contribution is -2.55. The molecule has 4 nitrogen and oxygen atoms in total. The van der Waals surface area contributed by atoms with Gasteiger partial charge in [-0.15, -0.1) is 0 Å². The first-order valence-electron chi connectivity index (χ1n) is 5.64. The Hall–Kier alpha value is -0.610. The summed E-state index contributed by atoms with van der Waals surface area (Å²) >= 11 is 0. The van der Waals surface area contributed by atoms with Gasteiger partial charge in [-0.25, -0.2) is 0 Å². The van der Waals surface area contributed by atoms with Crippen LogP contribution >= 0.6 is 0 Å². The maximum Gasteiger partial charge on any atom is 0.237 e. The lowest BCUT2D eigenvalue weighted by atomic mass is 10.0. The minimum atomic E-state index is -0.600. The minimum absolute atomic E-state index is 0.287. The van der Waals surface area contributed by atoms with E-state index in [1.54, 1.807) is 0 Å². The molecule has 1 rings (SSSR count). The summed E-state index contributed by atoms with van der Waals surface area (Å²) in [5.74, 6) is -0.287. The Morgan fingerprint density at radius 3 is 2.53 bits per heavy atom. The van der Waals surface area contributed by atoms with Gasteiger partial charge >= 0.3 is 0 Å². The summed E-state index contributed by atoms with van der Waals surface area (Å²) in [5.41, 5.74) is 4.73. The predicted octanol–water partition coefficient (Wildman–Crippen LogP) is 0.323. The van der Waals surface area contributed by atoms with Crippen molar-refractivity contribution in [3.05, 3.63) is 0 Å². The first-order valence-corrected chi connectivity index (χ1v) is 5.64. The van der Waals surface area contributed by atoms with Crippen LogP contribution < -0.4 is 11.1 Å². The second-order valence-electron chi connectivity index (χ2n) is 5.21. The van der Waals surface area contributed by atoms with Crippen molar-refractivity contribution in [2.24, 2.45) is 5.73 Å². The highest BCUT2D eigenvalue weighted by molar-refractivity contribution is 5.83. The van der Waals surface area contributed by atoms with Crippen LogP contribution in [0.1, 0.15) is 34.1 Å². The SMILES string of the molecule is CC(C)N1CCC(NC(C)(C)C(N)=O)C1. The minimum Gasteiger partial charge on any atom is -0.368 e. The van der Waals surface area contributed by atoms with Gasteiger partial charge in [0.25, 0.3) is 0 Å². The number of hydrogen-bond acceptors (Lipinski definition) is 3. The van der Waals surface area contributed by atoms with Crippen LogP contribution in [0.25, 0.3) is 0 Å². The van der Waals surface area contributed by atoms with Gasteiger partial charge in [0.05, 0.1) is 5.54 Å². The van der Waals surface area contributed by atoms with Crippen LogP contribution in [0.2, 0.25) is 0 Å². The van der Waals surface area contributed by atoms with Crippen molar-refractivity contribution in [2.75, 3.05) is 13.1 Å². The van der Waals surface area contributed by atoms with Gasteiger partial charge in [-0.2, -0.15) is 0 Å². The third kappa shape index (κ3) is 3.18. The number of rotatable bonds is 4. The molecule has 0 bridgehead atoms. The number of hydrogen-bond donors (Lipinski definition) is 2. The molecule has 1 unspecified atom stereocenters. The molecule has 0 radical (unpaired) electrons. The number of carbonyl (C=O) groups is 1. The van der Waals surface area contributed by atoms with Crippen LogP contribution in [0.15, 0.2) is 0 Å². The largest absolute Gasteiger partial charge is 0.368 e. The molecule has 0 aromatic heterocycles. The molecule has 15 heavy (non-hydrogen) atoms. The summed E-state index contributed by atoms with van der Waals surface area (Å²) in [6.45, 7) is 10.2. The summed E-state index contributed by atoms with van der Waals surface area (Å²) in [6.07, 6.45) is 1.09. The third-order valence-corrected chi connectivity index (χ3v) is 3.13. The van der Waals surface area contributed by atoms with Gasteiger partial charge in [0.1, 0.15) is 0 Å². The van der Waals surface area contributed by atoms with Crippen molar-refractivity contribution in [1.82, 2.24) is 10.2 Å². The molecule has 0 aliphatic carbocycles. The molecule has 0 spiro atoms. The number of nitrogens with zero attached hydrogens (tertiary/aromatic N) is 1. The van der Waals surface area contributed by atoms with Gasteiger partial charge in [0.2, 0.25) is 5.91 Å². The van der Waals surface area contributed by atoms with Crippen molar-refractivity contribution in [3.63, 3.8) is 0 Å². The Morgan fingerprint density at radius 1 is 1.53 bits per heavy atom. The Labute approximate surface area is 92.2 Å². The van der Waals surface area contributed by atoms with Crippen LogP contribution in [0.3, 0.4) is 0 Å². The fourth-order valence-electron chi connectivity index (χ4n) is 1.96. The first kappa shape index (κ1) is 12.5. The lowest BCUT2D eigenvalue weighted by molar-refractivity contribution is -0.123. The van der Waals surface area contributed by atoms with Crippen LogP contribution in [-0.4, -0.2) is 41.5 Å². The number of nitrogens with two attached hydrogens (primary N) is 1. The topological polar surface area (TPSA) is 58.4 Å². The van der Waals surface area contributed by atoms with Crippen LogP contribution in [0, 0.1) is 0 Å². The highest BCUT2D eigenvalue weighted by atomic mass is 16.1. The van der Waals surface area contributed by atoms with E-state index in [2.05, 4.69) is 24.1 Å². The molecule has 1 aliphatic heterocycles. The molecule has 3 N–H and O–H groups in total. The van der Waals surface area contributed by atoms with Crippen molar-refractivity contribution in [3.8, 4) is 0 Å². The van der Waals surface area contributed by atoms with Crippen molar-refractivity contribution in [2.45, 2.75) is 51.7 Å². The van der Waals surface area contributed by atoms with Gasteiger partial charge in [0, 0.05) is 18.6 Å². The molecule has 0 saturated carbocycles. The summed E-state index contributed by atoms with van der Waals surface area (Å²) in [4.78, 5) is 13.6. The highest BCUT2D eigenvalue weighted by Crippen LogP contribution is 2.15. The molecule has 1 fully saturated rings. The van der Waals surface area contributed by atoms with Gasteiger partial charge in [-0.1, -0.05) is 0 Å². The van der Waals surface area contributed by atoms with E-state index in [0.717, 1.165) is 19.5 Å². The molecule has 1 amide bonds. The van der Waals surface area contributed by atoms with Gasteiger partial charge < -0.3 is 5.73 Å². The van der Waals surface area contributed by atoms with Crippen LogP contribution in [0.5, 0.6) is 0 Å². The third-order valence-electron chi connectivity index (χ3n) is 3.13. The zero-order valence-corrected chi connectivity index (χ0v) is 10.2. The van der Waals surface area contributed by atoms with Crippen molar-refractivity contribution < 1.29 is 4.79 Å². The summed E-state index contributed by atoms with van der Waals surface area (Å²) in [5, 5.41) is 3.32. The van der Waals surface area contributed by atoms with E-state index in [-0.39, 0.29) is 5.91 Å². The summed E-state index contributed by atoms with van der Waals surface area (Å²) in [7, 11) is 0. The van der Waals surface area contributed by atoms with E-state index in [4.69, 9.17) is 5.73 Å². The van der Waals surface area contributed by atoms with E-state index >= 15 is 0 Å². The standard InChI is InChI=1S/C11H23N3O/c1-8(2)14-6-5-9(7-14)13-11(3,4)10(12)15/h8-9,13H,5-7H2,1-4H3,(H2,12,15). The van der Waals surface area contributed by atoms with Gasteiger partial charge in [0.15, 0.2) is 0 Å². The Balaban J connectivity index is 2.46. The van der Waals surface area contributed by atoms with Crippen LogP contribution in [-0.2, 0) is 4.79 Å². The first-order chi connectivity index (χ1) is 6.83. The molecular weight excluding hydrogens is 190 g/mol. The maximum atomic E-state index is 11.2. The Kier molecular flexibility index (Phi) is 3.73. The average Bonchev–Trinajstić information content (AvgIpc) is 2.51. The molecule has 1 atom stereocenters.